The third-order valence-electron chi connectivity index (χ3n) is 4.41. The lowest BCUT2D eigenvalue weighted by atomic mass is 10.1. The Morgan fingerprint density at radius 1 is 1.08 bits per heavy atom. The van der Waals surface area contributed by atoms with Crippen LogP contribution in [0.25, 0.3) is 0 Å². The fourth-order valence-electron chi connectivity index (χ4n) is 3.16. The Kier molecular flexibility index (Phi) is 4.92. The van der Waals surface area contributed by atoms with Crippen LogP contribution in [-0.4, -0.2) is 25.9 Å². The van der Waals surface area contributed by atoms with E-state index in [9.17, 15) is 8.42 Å². The molecule has 4 nitrogen and oxygen atoms in total. The Bertz CT molecular complexity index is 782. The van der Waals surface area contributed by atoms with E-state index in [1.165, 1.54) is 0 Å². The number of nitrogens with zero attached hydrogens (tertiary/aromatic N) is 1. The molecule has 0 bridgehead atoms. The van der Waals surface area contributed by atoms with Gasteiger partial charge in [0.25, 0.3) is 0 Å². The minimum atomic E-state index is -3.47. The lowest BCUT2D eigenvalue weighted by molar-refractivity contribution is 0.339. The zero-order valence-corrected chi connectivity index (χ0v) is 14.9. The van der Waals surface area contributed by atoms with E-state index in [0.29, 0.717) is 18.0 Å². The number of ether oxygens (including phenoxy) is 1. The highest BCUT2D eigenvalue weighted by Gasteiger charge is 2.36. The van der Waals surface area contributed by atoms with E-state index in [1.807, 2.05) is 50.2 Å². The normalized spacial score (nSPS) is 18.7. The monoisotopic (exact) mass is 345 g/mol. The summed E-state index contributed by atoms with van der Waals surface area (Å²) in [6, 6.07) is 14.7. The van der Waals surface area contributed by atoms with Crippen molar-refractivity contribution in [1.29, 1.82) is 0 Å². The minimum Gasteiger partial charge on any atom is -0.494 e. The Morgan fingerprint density at radius 2 is 1.75 bits per heavy atom. The predicted octanol–water partition coefficient (Wildman–Crippen LogP) is 3.92. The molecule has 1 saturated heterocycles. The average Bonchev–Trinajstić information content (AvgIpc) is 3.07. The summed E-state index contributed by atoms with van der Waals surface area (Å²) in [5, 5.41) is 0. The molecule has 1 unspecified atom stereocenters. The van der Waals surface area contributed by atoms with Crippen molar-refractivity contribution in [2.75, 3.05) is 13.2 Å². The molecule has 2 aromatic carbocycles. The Morgan fingerprint density at radius 3 is 2.38 bits per heavy atom. The zero-order chi connectivity index (χ0) is 17.2. The van der Waals surface area contributed by atoms with Gasteiger partial charge in [0.05, 0.1) is 17.5 Å². The molecule has 1 aliphatic rings. The van der Waals surface area contributed by atoms with Gasteiger partial charge >= 0.3 is 0 Å². The molecule has 128 valence electrons. The SMILES string of the molecule is CCOc1ccc(C2CCCN2S(=O)(=O)c2ccc(C)cc2)cc1. The molecule has 0 aliphatic carbocycles. The summed E-state index contributed by atoms with van der Waals surface area (Å²) in [6.45, 7) is 5.08. The number of hydrogen-bond acceptors (Lipinski definition) is 3. The topological polar surface area (TPSA) is 46.6 Å². The molecule has 0 amide bonds. The predicted molar refractivity (Wildman–Crippen MR) is 94.7 cm³/mol. The summed E-state index contributed by atoms with van der Waals surface area (Å²) < 4.78 is 33.1. The summed E-state index contributed by atoms with van der Waals surface area (Å²) in [5.74, 6) is 0.812. The molecule has 5 heteroatoms. The number of rotatable bonds is 5. The van der Waals surface area contributed by atoms with Crippen LogP contribution in [-0.2, 0) is 10.0 Å². The van der Waals surface area contributed by atoms with E-state index in [1.54, 1.807) is 16.4 Å². The first-order valence-corrected chi connectivity index (χ1v) is 9.77. The summed E-state index contributed by atoms with van der Waals surface area (Å²) in [5.41, 5.74) is 2.07. The highest BCUT2D eigenvalue weighted by Crippen LogP contribution is 2.37. The number of aryl methyl sites for hydroxylation is 1. The van der Waals surface area contributed by atoms with Crippen molar-refractivity contribution in [2.24, 2.45) is 0 Å². The average molecular weight is 345 g/mol. The van der Waals surface area contributed by atoms with E-state index in [-0.39, 0.29) is 6.04 Å². The number of hydrogen-bond donors (Lipinski definition) is 0. The molecule has 24 heavy (non-hydrogen) atoms. The Hall–Kier alpha value is -1.85. The fraction of sp³-hybridized carbons (Fsp3) is 0.368. The maximum absolute atomic E-state index is 13.0. The lowest BCUT2D eigenvalue weighted by Gasteiger charge is -2.24. The van der Waals surface area contributed by atoms with Gasteiger partial charge in [0, 0.05) is 6.54 Å². The van der Waals surface area contributed by atoms with Gasteiger partial charge in [0.2, 0.25) is 10.0 Å². The zero-order valence-electron chi connectivity index (χ0n) is 14.1. The second-order valence-corrected chi connectivity index (χ2v) is 7.98. The number of sulfonamides is 1. The van der Waals surface area contributed by atoms with Crippen LogP contribution in [0, 0.1) is 6.92 Å². The molecule has 1 heterocycles. The van der Waals surface area contributed by atoms with Crippen LogP contribution in [0.5, 0.6) is 5.75 Å². The van der Waals surface area contributed by atoms with Crippen molar-refractivity contribution < 1.29 is 13.2 Å². The molecule has 1 aliphatic heterocycles. The molecule has 0 radical (unpaired) electrons. The van der Waals surface area contributed by atoms with Crippen molar-refractivity contribution in [1.82, 2.24) is 4.31 Å². The maximum atomic E-state index is 13.0. The van der Waals surface area contributed by atoms with Crippen LogP contribution in [0.4, 0.5) is 0 Å². The van der Waals surface area contributed by atoms with Crippen LogP contribution in [0.3, 0.4) is 0 Å². The van der Waals surface area contributed by atoms with E-state index in [2.05, 4.69) is 0 Å². The van der Waals surface area contributed by atoms with Gasteiger partial charge in [0.15, 0.2) is 0 Å². The highest BCUT2D eigenvalue weighted by molar-refractivity contribution is 7.89. The van der Waals surface area contributed by atoms with Crippen LogP contribution >= 0.6 is 0 Å². The first-order chi connectivity index (χ1) is 11.5. The second kappa shape index (κ2) is 6.95. The molecule has 0 saturated carbocycles. The van der Waals surface area contributed by atoms with Gasteiger partial charge in [-0.15, -0.1) is 0 Å². The van der Waals surface area contributed by atoms with Crippen molar-refractivity contribution >= 4 is 10.0 Å². The molecule has 1 atom stereocenters. The number of benzene rings is 2. The van der Waals surface area contributed by atoms with Crippen molar-refractivity contribution in [2.45, 2.75) is 37.6 Å². The Labute approximate surface area is 144 Å². The third kappa shape index (κ3) is 3.32. The van der Waals surface area contributed by atoms with E-state index >= 15 is 0 Å². The molecule has 2 aromatic rings. The van der Waals surface area contributed by atoms with Gasteiger partial charge in [-0.2, -0.15) is 4.31 Å². The summed E-state index contributed by atoms with van der Waals surface area (Å²) in [4.78, 5) is 0.367. The van der Waals surface area contributed by atoms with Crippen molar-refractivity contribution in [3.05, 3.63) is 59.7 Å². The van der Waals surface area contributed by atoms with Gasteiger partial charge in [-0.25, -0.2) is 8.42 Å². The fourth-order valence-corrected chi connectivity index (χ4v) is 4.84. The molecular weight excluding hydrogens is 322 g/mol. The van der Waals surface area contributed by atoms with Gasteiger partial charge in [0.1, 0.15) is 5.75 Å². The lowest BCUT2D eigenvalue weighted by Crippen LogP contribution is -2.30. The van der Waals surface area contributed by atoms with Gasteiger partial charge in [-0.3, -0.25) is 0 Å². The molecule has 3 rings (SSSR count). The summed E-state index contributed by atoms with van der Waals surface area (Å²) in [6.07, 6.45) is 1.72. The molecule has 0 N–H and O–H groups in total. The van der Waals surface area contributed by atoms with E-state index < -0.39 is 10.0 Å². The van der Waals surface area contributed by atoms with Crippen LogP contribution in [0.2, 0.25) is 0 Å². The molecule has 0 aromatic heterocycles. The van der Waals surface area contributed by atoms with Gasteiger partial charge < -0.3 is 4.74 Å². The summed E-state index contributed by atoms with van der Waals surface area (Å²) in [7, 11) is -3.47. The van der Waals surface area contributed by atoms with Gasteiger partial charge in [-0.05, 0) is 56.5 Å². The third-order valence-corrected chi connectivity index (χ3v) is 6.33. The van der Waals surface area contributed by atoms with Crippen LogP contribution in [0.15, 0.2) is 53.4 Å². The smallest absolute Gasteiger partial charge is 0.243 e. The van der Waals surface area contributed by atoms with Crippen LogP contribution < -0.4 is 4.74 Å². The first kappa shape index (κ1) is 17.0. The summed E-state index contributed by atoms with van der Waals surface area (Å²) >= 11 is 0. The molecule has 1 fully saturated rings. The second-order valence-electron chi connectivity index (χ2n) is 6.09. The highest BCUT2D eigenvalue weighted by atomic mass is 32.2. The molecular formula is C19H23NO3S. The van der Waals surface area contributed by atoms with Crippen LogP contribution in [0.1, 0.15) is 36.9 Å². The minimum absolute atomic E-state index is 0.105. The van der Waals surface area contributed by atoms with Crippen molar-refractivity contribution in [3.63, 3.8) is 0 Å². The maximum Gasteiger partial charge on any atom is 0.243 e. The standard InChI is InChI=1S/C19H23NO3S/c1-3-23-17-10-8-16(9-11-17)19-5-4-14-20(19)24(21,22)18-12-6-15(2)7-13-18/h6-13,19H,3-5,14H2,1-2H3. The van der Waals surface area contributed by atoms with Gasteiger partial charge in [-0.1, -0.05) is 29.8 Å². The van der Waals surface area contributed by atoms with E-state index in [4.69, 9.17) is 4.74 Å². The quantitative estimate of drug-likeness (QED) is 0.825. The Balaban J connectivity index is 1.88. The molecule has 0 spiro atoms. The largest absolute Gasteiger partial charge is 0.494 e. The van der Waals surface area contributed by atoms with Crippen molar-refractivity contribution in [3.8, 4) is 5.75 Å². The van der Waals surface area contributed by atoms with E-state index in [0.717, 1.165) is 29.7 Å². The first-order valence-electron chi connectivity index (χ1n) is 8.33.